The summed E-state index contributed by atoms with van der Waals surface area (Å²) in [5, 5.41) is 1.00. The summed E-state index contributed by atoms with van der Waals surface area (Å²) >= 11 is 1.74. The number of aromatic nitrogens is 1. The van der Waals surface area contributed by atoms with Gasteiger partial charge in [0, 0.05) is 16.4 Å². The predicted molar refractivity (Wildman–Crippen MR) is 72.2 cm³/mol. The van der Waals surface area contributed by atoms with Crippen LogP contribution in [0.1, 0.15) is 29.3 Å². The second-order valence-electron chi connectivity index (χ2n) is 4.65. The first-order valence-corrected chi connectivity index (χ1v) is 7.05. The van der Waals surface area contributed by atoms with Crippen molar-refractivity contribution in [2.75, 3.05) is 6.54 Å². The maximum atomic E-state index is 12.9. The lowest BCUT2D eigenvalue weighted by Crippen LogP contribution is -2.05. The molecule has 1 aliphatic rings. The third kappa shape index (κ3) is 2.06. The molecular formula is C14H15FN2S. The number of hydrogen-bond acceptors (Lipinski definition) is 3. The van der Waals surface area contributed by atoms with Gasteiger partial charge in [0.1, 0.15) is 10.8 Å². The summed E-state index contributed by atoms with van der Waals surface area (Å²) in [7, 11) is 0. The van der Waals surface area contributed by atoms with Crippen molar-refractivity contribution in [3.63, 3.8) is 0 Å². The van der Waals surface area contributed by atoms with Crippen molar-refractivity contribution >= 4 is 11.3 Å². The Kier molecular flexibility index (Phi) is 3.14. The fraction of sp³-hybridized carbons (Fsp3) is 0.357. The number of nitrogens with zero attached hydrogens (tertiary/aromatic N) is 1. The zero-order valence-corrected chi connectivity index (χ0v) is 10.8. The molecule has 0 radical (unpaired) electrons. The van der Waals surface area contributed by atoms with E-state index in [2.05, 4.69) is 0 Å². The van der Waals surface area contributed by atoms with Crippen LogP contribution in [0.3, 0.4) is 0 Å². The Morgan fingerprint density at radius 2 is 2.11 bits per heavy atom. The minimum atomic E-state index is -0.205. The van der Waals surface area contributed by atoms with E-state index in [1.807, 2.05) is 0 Å². The van der Waals surface area contributed by atoms with Crippen molar-refractivity contribution < 1.29 is 4.39 Å². The Balaban J connectivity index is 1.92. The minimum Gasteiger partial charge on any atom is -0.330 e. The highest BCUT2D eigenvalue weighted by Crippen LogP contribution is 2.40. The quantitative estimate of drug-likeness (QED) is 0.921. The fourth-order valence-electron chi connectivity index (χ4n) is 2.50. The molecule has 0 bridgehead atoms. The van der Waals surface area contributed by atoms with E-state index < -0.39 is 0 Å². The SMILES string of the molecule is NCCC1CCc2sc(-c3ccc(F)cc3)nc21. The molecule has 2 N–H and O–H groups in total. The van der Waals surface area contributed by atoms with Crippen molar-refractivity contribution in [1.82, 2.24) is 4.98 Å². The fourth-order valence-corrected chi connectivity index (χ4v) is 3.67. The van der Waals surface area contributed by atoms with Gasteiger partial charge in [-0.3, -0.25) is 0 Å². The van der Waals surface area contributed by atoms with Gasteiger partial charge < -0.3 is 5.73 Å². The number of nitrogens with two attached hydrogens (primary N) is 1. The zero-order chi connectivity index (χ0) is 12.5. The second kappa shape index (κ2) is 4.78. The van der Waals surface area contributed by atoms with Gasteiger partial charge >= 0.3 is 0 Å². The molecule has 1 heterocycles. The van der Waals surface area contributed by atoms with Crippen molar-refractivity contribution in [2.24, 2.45) is 5.73 Å². The third-order valence-corrected chi connectivity index (χ3v) is 4.62. The van der Waals surface area contributed by atoms with E-state index in [9.17, 15) is 4.39 Å². The Bertz CT molecular complexity index is 547. The van der Waals surface area contributed by atoms with Gasteiger partial charge in [0.2, 0.25) is 0 Å². The smallest absolute Gasteiger partial charge is 0.123 e. The molecule has 0 saturated heterocycles. The van der Waals surface area contributed by atoms with E-state index in [4.69, 9.17) is 10.7 Å². The molecular weight excluding hydrogens is 247 g/mol. The highest BCUT2D eigenvalue weighted by atomic mass is 32.1. The summed E-state index contributed by atoms with van der Waals surface area (Å²) < 4.78 is 12.9. The number of aryl methyl sites for hydroxylation is 1. The number of thiazole rings is 1. The molecule has 0 fully saturated rings. The van der Waals surface area contributed by atoms with Gasteiger partial charge in [-0.15, -0.1) is 11.3 Å². The molecule has 0 amide bonds. The van der Waals surface area contributed by atoms with Crippen LogP contribution in [0.5, 0.6) is 0 Å². The average Bonchev–Trinajstić information content (AvgIpc) is 2.93. The lowest BCUT2D eigenvalue weighted by molar-refractivity contribution is 0.616. The molecule has 4 heteroatoms. The molecule has 1 unspecified atom stereocenters. The molecule has 1 aliphatic carbocycles. The number of halogens is 1. The minimum absolute atomic E-state index is 0.205. The molecule has 94 valence electrons. The Morgan fingerprint density at radius 1 is 1.33 bits per heavy atom. The molecule has 1 aromatic carbocycles. The Labute approximate surface area is 110 Å². The van der Waals surface area contributed by atoms with E-state index >= 15 is 0 Å². The van der Waals surface area contributed by atoms with Gasteiger partial charge in [0.15, 0.2) is 0 Å². The first-order chi connectivity index (χ1) is 8.78. The summed E-state index contributed by atoms with van der Waals surface area (Å²) in [5.74, 6) is 0.319. The second-order valence-corrected chi connectivity index (χ2v) is 5.73. The zero-order valence-electron chi connectivity index (χ0n) is 10.0. The standard InChI is InChI=1S/C14H15FN2S/c15-11-4-1-10(2-5-11)14-17-13-9(7-8-16)3-6-12(13)18-14/h1-2,4-5,9H,3,6-8,16H2. The third-order valence-electron chi connectivity index (χ3n) is 3.44. The Morgan fingerprint density at radius 3 is 2.83 bits per heavy atom. The first-order valence-electron chi connectivity index (χ1n) is 6.23. The van der Waals surface area contributed by atoms with Crippen LogP contribution in [0.15, 0.2) is 24.3 Å². The van der Waals surface area contributed by atoms with E-state index in [1.54, 1.807) is 23.5 Å². The largest absolute Gasteiger partial charge is 0.330 e. The van der Waals surface area contributed by atoms with Crippen LogP contribution in [0, 0.1) is 5.82 Å². The highest BCUT2D eigenvalue weighted by molar-refractivity contribution is 7.15. The summed E-state index contributed by atoms with van der Waals surface area (Å²) in [4.78, 5) is 6.11. The molecule has 1 aromatic heterocycles. The van der Waals surface area contributed by atoms with Gasteiger partial charge in [-0.1, -0.05) is 0 Å². The van der Waals surface area contributed by atoms with Gasteiger partial charge in [-0.25, -0.2) is 9.37 Å². The molecule has 18 heavy (non-hydrogen) atoms. The number of hydrogen-bond donors (Lipinski definition) is 1. The summed E-state index contributed by atoms with van der Waals surface area (Å²) in [6.07, 6.45) is 3.30. The summed E-state index contributed by atoms with van der Waals surface area (Å²) in [6, 6.07) is 6.56. The van der Waals surface area contributed by atoms with Gasteiger partial charge in [-0.2, -0.15) is 0 Å². The topological polar surface area (TPSA) is 38.9 Å². The lowest BCUT2D eigenvalue weighted by atomic mass is 10.0. The molecule has 0 saturated carbocycles. The highest BCUT2D eigenvalue weighted by Gasteiger charge is 2.26. The van der Waals surface area contributed by atoms with Crippen LogP contribution in [0.4, 0.5) is 4.39 Å². The van der Waals surface area contributed by atoms with Crippen LogP contribution in [0.25, 0.3) is 10.6 Å². The van der Waals surface area contributed by atoms with Crippen molar-refractivity contribution in [3.05, 3.63) is 40.7 Å². The molecule has 3 rings (SSSR count). The monoisotopic (exact) mass is 262 g/mol. The number of rotatable bonds is 3. The van der Waals surface area contributed by atoms with E-state index in [0.29, 0.717) is 12.5 Å². The number of benzene rings is 1. The molecule has 2 aromatic rings. The molecule has 1 atom stereocenters. The van der Waals surface area contributed by atoms with Gasteiger partial charge in [0.05, 0.1) is 5.69 Å². The van der Waals surface area contributed by atoms with E-state index in [1.165, 1.54) is 29.1 Å². The van der Waals surface area contributed by atoms with Crippen LogP contribution in [-0.2, 0) is 6.42 Å². The lowest BCUT2D eigenvalue weighted by Gasteiger charge is -2.06. The number of fused-ring (bicyclic) bond motifs is 1. The van der Waals surface area contributed by atoms with Crippen LogP contribution >= 0.6 is 11.3 Å². The molecule has 2 nitrogen and oxygen atoms in total. The van der Waals surface area contributed by atoms with Crippen LogP contribution in [-0.4, -0.2) is 11.5 Å². The van der Waals surface area contributed by atoms with Gasteiger partial charge in [0.25, 0.3) is 0 Å². The van der Waals surface area contributed by atoms with E-state index in [-0.39, 0.29) is 5.82 Å². The average molecular weight is 262 g/mol. The molecule has 0 aliphatic heterocycles. The summed E-state index contributed by atoms with van der Waals surface area (Å²) in [5.41, 5.74) is 7.86. The molecule has 0 spiro atoms. The van der Waals surface area contributed by atoms with Crippen molar-refractivity contribution in [1.29, 1.82) is 0 Å². The summed E-state index contributed by atoms with van der Waals surface area (Å²) in [6.45, 7) is 0.716. The predicted octanol–water partition coefficient (Wildman–Crippen LogP) is 3.33. The maximum Gasteiger partial charge on any atom is 0.123 e. The van der Waals surface area contributed by atoms with Crippen LogP contribution in [0.2, 0.25) is 0 Å². The van der Waals surface area contributed by atoms with E-state index in [0.717, 1.165) is 23.4 Å². The first kappa shape index (κ1) is 11.8. The normalized spacial score (nSPS) is 18.0. The Hall–Kier alpha value is -1.26. The van der Waals surface area contributed by atoms with Crippen molar-refractivity contribution in [2.45, 2.75) is 25.2 Å². The van der Waals surface area contributed by atoms with Crippen molar-refractivity contribution in [3.8, 4) is 10.6 Å². The maximum absolute atomic E-state index is 12.9. The van der Waals surface area contributed by atoms with Gasteiger partial charge in [-0.05, 0) is 50.1 Å². The van der Waals surface area contributed by atoms with Crippen LogP contribution < -0.4 is 5.73 Å².